The fraction of sp³-hybridized carbons (Fsp3) is 0.400. The van der Waals surface area contributed by atoms with Crippen molar-refractivity contribution in [3.63, 3.8) is 0 Å². The van der Waals surface area contributed by atoms with Gasteiger partial charge in [-0.3, -0.25) is 19.2 Å². The van der Waals surface area contributed by atoms with Gasteiger partial charge >= 0.3 is 59.7 Å². The van der Waals surface area contributed by atoms with Crippen molar-refractivity contribution in [3.8, 4) is 0 Å². The van der Waals surface area contributed by atoms with Gasteiger partial charge in [-0.25, -0.2) is 28.8 Å². The molecule has 0 aliphatic heterocycles. The standard InChI is InChI=1S/C30H30O20/c1-41-19(31)13-11(15(21(33)43-3)29(25(37)47-7,26(38)48-8)17(13)23(35)45-5)12-14(20(32)42-2)18(24(36)46-6)30(27(39)49-9,28(40)50-10)16(12)22(34)44-4/h1-10H3. The van der Waals surface area contributed by atoms with Gasteiger partial charge in [-0.1, -0.05) is 0 Å². The van der Waals surface area contributed by atoms with E-state index in [1.807, 2.05) is 0 Å². The van der Waals surface area contributed by atoms with Crippen molar-refractivity contribution in [2.24, 2.45) is 10.8 Å². The predicted molar refractivity (Wildman–Crippen MR) is 153 cm³/mol. The summed E-state index contributed by atoms with van der Waals surface area (Å²) in [7, 11) is 7.07. The molecule has 2 rings (SSSR count). The molecule has 2 aliphatic carbocycles. The molecule has 0 aromatic rings. The first-order valence-electron chi connectivity index (χ1n) is 13.4. The van der Waals surface area contributed by atoms with E-state index in [1.54, 1.807) is 0 Å². The summed E-state index contributed by atoms with van der Waals surface area (Å²) in [5.74, 6) is -17.6. The number of carbonyl (C=O) groups excluding carboxylic acids is 10. The zero-order valence-corrected chi connectivity index (χ0v) is 28.2. The molecule has 0 unspecified atom stereocenters. The summed E-state index contributed by atoms with van der Waals surface area (Å²) in [4.78, 5) is 138. The Bertz CT molecular complexity index is 1570. The third-order valence-corrected chi connectivity index (χ3v) is 7.55. The molecule has 0 heterocycles. The van der Waals surface area contributed by atoms with Crippen LogP contribution < -0.4 is 0 Å². The first-order valence-corrected chi connectivity index (χ1v) is 13.4. The molecule has 0 saturated heterocycles. The molecule has 0 radical (unpaired) electrons. The molecule has 270 valence electrons. The van der Waals surface area contributed by atoms with E-state index in [4.69, 9.17) is 47.4 Å². The van der Waals surface area contributed by atoms with Crippen molar-refractivity contribution in [3.05, 3.63) is 44.6 Å². The molecular formula is C30H30O20. The second-order valence-corrected chi connectivity index (χ2v) is 9.42. The first kappa shape index (κ1) is 39.8. The Kier molecular flexibility index (Phi) is 12.2. The Morgan fingerprint density at radius 3 is 0.680 bits per heavy atom. The minimum absolute atomic E-state index is 0.690. The molecule has 20 nitrogen and oxygen atoms in total. The van der Waals surface area contributed by atoms with Gasteiger partial charge in [0.25, 0.3) is 0 Å². The fourth-order valence-corrected chi connectivity index (χ4v) is 5.64. The SMILES string of the molecule is COC(=O)C1=C(C(=O)OC)C(C(=O)OC)(C(=O)OC)C(C(=O)OC)=C1C1=C(C(=O)OC)C(C(=O)OC)(C(=O)OC)C(C(=O)OC)=C1C(=O)OC. The lowest BCUT2D eigenvalue weighted by molar-refractivity contribution is -0.168. The summed E-state index contributed by atoms with van der Waals surface area (Å²) in [5, 5.41) is 0. The Labute approximate surface area is 281 Å². The number of ether oxygens (including phenoxy) is 10. The van der Waals surface area contributed by atoms with Crippen LogP contribution in [0.3, 0.4) is 0 Å². The molecule has 0 fully saturated rings. The summed E-state index contributed by atoms with van der Waals surface area (Å²) >= 11 is 0. The quantitative estimate of drug-likeness (QED) is 0.126. The minimum atomic E-state index is -3.52. The maximum Gasteiger partial charge on any atom is 0.339 e. The molecular weight excluding hydrogens is 680 g/mol. The lowest BCUT2D eigenvalue weighted by atomic mass is 9.74. The van der Waals surface area contributed by atoms with Crippen molar-refractivity contribution in [2.45, 2.75) is 0 Å². The van der Waals surface area contributed by atoms with Crippen LogP contribution in [0.4, 0.5) is 0 Å². The molecule has 0 N–H and O–H groups in total. The average Bonchev–Trinajstić information content (AvgIpc) is 3.64. The molecule has 2 aliphatic rings. The zero-order valence-electron chi connectivity index (χ0n) is 28.2. The monoisotopic (exact) mass is 710 g/mol. The third-order valence-electron chi connectivity index (χ3n) is 7.55. The van der Waals surface area contributed by atoms with Gasteiger partial charge in [0, 0.05) is 11.1 Å². The molecule has 0 atom stereocenters. The van der Waals surface area contributed by atoms with Gasteiger partial charge in [0.15, 0.2) is 0 Å². The highest BCUT2D eigenvalue weighted by molar-refractivity contribution is 6.30. The van der Waals surface area contributed by atoms with Crippen LogP contribution in [0, 0.1) is 10.8 Å². The molecule has 0 bridgehead atoms. The van der Waals surface area contributed by atoms with Gasteiger partial charge < -0.3 is 47.4 Å². The maximum absolute atomic E-state index is 13.9. The minimum Gasteiger partial charge on any atom is -0.468 e. The summed E-state index contributed by atoms with van der Waals surface area (Å²) in [6.07, 6.45) is 0. The Hall–Kier alpha value is -6.34. The van der Waals surface area contributed by atoms with E-state index in [0.717, 1.165) is 28.4 Å². The van der Waals surface area contributed by atoms with Crippen LogP contribution in [-0.4, -0.2) is 131 Å². The van der Waals surface area contributed by atoms with E-state index in [0.29, 0.717) is 42.7 Å². The van der Waals surface area contributed by atoms with E-state index in [2.05, 4.69) is 0 Å². The van der Waals surface area contributed by atoms with Crippen LogP contribution in [0.25, 0.3) is 0 Å². The second kappa shape index (κ2) is 15.3. The normalized spacial score (nSPS) is 15.8. The fourth-order valence-electron chi connectivity index (χ4n) is 5.64. The van der Waals surface area contributed by atoms with E-state index in [1.165, 1.54) is 0 Å². The van der Waals surface area contributed by atoms with Gasteiger partial charge in [-0.15, -0.1) is 0 Å². The number of methoxy groups -OCH3 is 10. The van der Waals surface area contributed by atoms with Gasteiger partial charge in [0.05, 0.1) is 105 Å². The van der Waals surface area contributed by atoms with Gasteiger partial charge in [0.1, 0.15) is 0 Å². The molecule has 0 aromatic heterocycles. The van der Waals surface area contributed by atoms with Gasteiger partial charge in [-0.05, 0) is 0 Å². The molecule has 0 spiro atoms. The van der Waals surface area contributed by atoms with Crippen LogP contribution in [-0.2, 0) is 95.3 Å². The van der Waals surface area contributed by atoms with E-state index < -0.39 is 115 Å². The Morgan fingerprint density at radius 2 is 0.500 bits per heavy atom. The van der Waals surface area contributed by atoms with E-state index >= 15 is 0 Å². The number of esters is 10. The molecule has 0 amide bonds. The lowest BCUT2D eigenvalue weighted by Gasteiger charge is -2.28. The molecule has 0 saturated carbocycles. The smallest absolute Gasteiger partial charge is 0.339 e. The van der Waals surface area contributed by atoms with Crippen molar-refractivity contribution < 1.29 is 95.3 Å². The second-order valence-electron chi connectivity index (χ2n) is 9.42. The van der Waals surface area contributed by atoms with Crippen LogP contribution >= 0.6 is 0 Å². The van der Waals surface area contributed by atoms with Crippen molar-refractivity contribution in [2.75, 3.05) is 71.1 Å². The lowest BCUT2D eigenvalue weighted by Crippen LogP contribution is -2.48. The molecule has 50 heavy (non-hydrogen) atoms. The van der Waals surface area contributed by atoms with Crippen LogP contribution in [0.2, 0.25) is 0 Å². The van der Waals surface area contributed by atoms with Crippen LogP contribution in [0.15, 0.2) is 44.6 Å². The van der Waals surface area contributed by atoms with Crippen molar-refractivity contribution in [1.82, 2.24) is 0 Å². The first-order chi connectivity index (χ1) is 23.6. The number of hydrogen-bond donors (Lipinski definition) is 0. The van der Waals surface area contributed by atoms with E-state index in [9.17, 15) is 47.9 Å². The van der Waals surface area contributed by atoms with Crippen molar-refractivity contribution >= 4 is 59.7 Å². The summed E-state index contributed by atoms with van der Waals surface area (Å²) in [5.41, 5.74) is -17.8. The van der Waals surface area contributed by atoms with Gasteiger partial charge in [-0.2, -0.15) is 0 Å². The van der Waals surface area contributed by atoms with Crippen LogP contribution in [0.5, 0.6) is 0 Å². The highest BCUT2D eigenvalue weighted by Gasteiger charge is 2.71. The number of hydrogen-bond acceptors (Lipinski definition) is 20. The topological polar surface area (TPSA) is 263 Å². The molecule has 0 aromatic carbocycles. The summed E-state index contributed by atoms with van der Waals surface area (Å²) in [6.45, 7) is 0. The van der Waals surface area contributed by atoms with E-state index in [-0.39, 0.29) is 0 Å². The number of rotatable bonds is 11. The zero-order chi connectivity index (χ0) is 38.5. The van der Waals surface area contributed by atoms with Crippen LogP contribution in [0.1, 0.15) is 0 Å². The summed E-state index contributed by atoms with van der Waals surface area (Å²) < 4.78 is 48.0. The Morgan fingerprint density at radius 1 is 0.300 bits per heavy atom. The summed E-state index contributed by atoms with van der Waals surface area (Å²) in [6, 6.07) is 0. The highest BCUT2D eigenvalue weighted by atomic mass is 16.6. The van der Waals surface area contributed by atoms with Gasteiger partial charge in [0.2, 0.25) is 10.8 Å². The molecule has 20 heteroatoms. The number of carbonyl (C=O) groups is 10. The largest absolute Gasteiger partial charge is 0.468 e. The maximum atomic E-state index is 13.9. The Balaban J connectivity index is 3.93. The highest BCUT2D eigenvalue weighted by Crippen LogP contribution is 2.59. The third kappa shape index (κ3) is 5.33. The predicted octanol–water partition coefficient (Wildman–Crippen LogP) is -2.10. The average molecular weight is 711 g/mol. The van der Waals surface area contributed by atoms with Crippen molar-refractivity contribution in [1.29, 1.82) is 0 Å².